The largest absolute Gasteiger partial charge is 0.394 e. The summed E-state index contributed by atoms with van der Waals surface area (Å²) in [7, 11) is 0. The molecule has 0 aliphatic carbocycles. The van der Waals surface area contributed by atoms with Gasteiger partial charge in [0.15, 0.2) is 18.9 Å². The minimum absolute atomic E-state index is 0.692. The third-order valence-electron chi connectivity index (χ3n) is 3.67. The number of ether oxygens (including phenoxy) is 3. The lowest BCUT2D eigenvalue weighted by Crippen LogP contribution is -2.64. The van der Waals surface area contributed by atoms with Crippen molar-refractivity contribution >= 4 is 0 Å². The van der Waals surface area contributed by atoms with E-state index >= 15 is 0 Å². The summed E-state index contributed by atoms with van der Waals surface area (Å²) in [5.74, 6) is 0. The van der Waals surface area contributed by atoms with Crippen LogP contribution in [0.5, 0.6) is 0 Å². The molecular weight excluding hydrogens is 308 g/mol. The Labute approximate surface area is 124 Å². The highest BCUT2D eigenvalue weighted by molar-refractivity contribution is 4.92. The number of rotatable bonds is 3. The van der Waals surface area contributed by atoms with Crippen molar-refractivity contribution in [3.05, 3.63) is 0 Å². The van der Waals surface area contributed by atoms with Gasteiger partial charge in [0.25, 0.3) is 0 Å². The average molecular weight is 328 g/mol. The Kier molecular flexibility index (Phi) is 5.68. The van der Waals surface area contributed by atoms with Gasteiger partial charge in [0.2, 0.25) is 0 Å². The molecule has 11 heteroatoms. The zero-order chi connectivity index (χ0) is 16.6. The van der Waals surface area contributed by atoms with Crippen molar-refractivity contribution in [1.29, 1.82) is 0 Å². The molecule has 0 radical (unpaired) electrons. The quantitative estimate of drug-likeness (QED) is 0.247. The van der Waals surface area contributed by atoms with E-state index in [1.165, 1.54) is 0 Å². The van der Waals surface area contributed by atoms with Gasteiger partial charge in [0.1, 0.15) is 42.7 Å². The molecule has 4 unspecified atom stereocenters. The van der Waals surface area contributed by atoms with Gasteiger partial charge in [0.05, 0.1) is 6.61 Å². The van der Waals surface area contributed by atoms with Crippen molar-refractivity contribution in [3.8, 4) is 0 Å². The number of hydrogen-bond donors (Lipinski definition) is 8. The van der Waals surface area contributed by atoms with Gasteiger partial charge in [-0.05, 0) is 0 Å². The summed E-state index contributed by atoms with van der Waals surface area (Å²) in [4.78, 5) is 0. The molecule has 0 aromatic carbocycles. The minimum atomic E-state index is -1.85. The average Bonchev–Trinajstić information content (AvgIpc) is 2.50. The molecule has 0 saturated carbocycles. The highest BCUT2D eigenvalue weighted by Gasteiger charge is 2.49. The summed E-state index contributed by atoms with van der Waals surface area (Å²) in [6.45, 7) is -0.692. The second kappa shape index (κ2) is 6.98. The van der Waals surface area contributed by atoms with E-state index in [9.17, 15) is 40.9 Å². The van der Waals surface area contributed by atoms with Crippen LogP contribution in [0.1, 0.15) is 0 Å². The van der Waals surface area contributed by atoms with E-state index in [2.05, 4.69) is 0 Å². The molecule has 0 bridgehead atoms. The van der Waals surface area contributed by atoms with Gasteiger partial charge in [-0.3, -0.25) is 0 Å². The molecule has 2 rings (SSSR count). The second-order valence-corrected chi connectivity index (χ2v) is 5.20. The lowest BCUT2D eigenvalue weighted by molar-refractivity contribution is -0.375. The van der Waals surface area contributed by atoms with Crippen LogP contribution in [0.3, 0.4) is 0 Å². The molecule has 10 atom stereocenters. The molecule has 2 heterocycles. The van der Waals surface area contributed by atoms with Gasteiger partial charge in [-0.2, -0.15) is 0 Å². The van der Waals surface area contributed by atoms with Gasteiger partial charge >= 0.3 is 0 Å². The summed E-state index contributed by atoms with van der Waals surface area (Å²) in [6, 6.07) is 0. The Morgan fingerprint density at radius 1 is 0.682 bits per heavy atom. The zero-order valence-electron chi connectivity index (χ0n) is 11.3. The lowest BCUT2D eigenvalue weighted by Gasteiger charge is -2.44. The van der Waals surface area contributed by atoms with Crippen LogP contribution in [-0.2, 0) is 14.2 Å². The van der Waals surface area contributed by atoms with Gasteiger partial charge in [-0.25, -0.2) is 0 Å². The topological polar surface area (TPSA) is 190 Å². The third-order valence-corrected chi connectivity index (χ3v) is 3.67. The van der Waals surface area contributed by atoms with Crippen LogP contribution in [-0.4, -0.2) is 109 Å². The van der Waals surface area contributed by atoms with Crippen LogP contribution in [0.4, 0.5) is 0 Å². The Bertz CT molecular complexity index is 366. The third kappa shape index (κ3) is 3.25. The maximum atomic E-state index is 9.87. The highest BCUT2D eigenvalue weighted by atomic mass is 16.8. The first-order valence-corrected chi connectivity index (χ1v) is 6.61. The molecule has 11 nitrogen and oxygen atoms in total. The van der Waals surface area contributed by atoms with Gasteiger partial charge in [-0.1, -0.05) is 0 Å². The SMILES string of the molecule is OCC1O[C@@H](O)C(O)[C@H](O)[C@@H]1O[C@@H]1OC(O)[C@@H](O)[C@@H](O)C1O. The fraction of sp³-hybridized carbons (Fsp3) is 1.00. The van der Waals surface area contributed by atoms with Crippen LogP contribution in [0, 0.1) is 0 Å². The standard InChI is InChI=1S/C11H20O11/c12-1-2-8(4(14)6(16)9(18)20-2)21-11-7(17)3(13)5(15)10(19)22-11/h2-19H,1H2/t2?,3-,4+,5+,6?,7?,8-,9-,10?,11-/m1/s1. The van der Waals surface area contributed by atoms with E-state index in [0.29, 0.717) is 0 Å². The summed E-state index contributed by atoms with van der Waals surface area (Å²) in [5, 5.41) is 76.0. The van der Waals surface area contributed by atoms with Crippen molar-refractivity contribution in [2.75, 3.05) is 6.61 Å². The number of aliphatic hydroxyl groups excluding tert-OH is 8. The van der Waals surface area contributed by atoms with E-state index in [-0.39, 0.29) is 0 Å². The molecule has 8 N–H and O–H groups in total. The first-order chi connectivity index (χ1) is 10.3. The zero-order valence-corrected chi connectivity index (χ0v) is 11.3. The molecule has 0 spiro atoms. The number of hydrogen-bond acceptors (Lipinski definition) is 11. The maximum Gasteiger partial charge on any atom is 0.189 e. The van der Waals surface area contributed by atoms with E-state index in [0.717, 1.165) is 0 Å². The van der Waals surface area contributed by atoms with Crippen molar-refractivity contribution in [2.24, 2.45) is 0 Å². The van der Waals surface area contributed by atoms with Crippen molar-refractivity contribution in [2.45, 2.75) is 61.6 Å². The van der Waals surface area contributed by atoms with Crippen LogP contribution in [0.25, 0.3) is 0 Å². The molecular formula is C11H20O11. The number of aliphatic hydroxyl groups is 8. The Morgan fingerprint density at radius 2 is 1.23 bits per heavy atom. The maximum absolute atomic E-state index is 9.87. The molecule has 2 saturated heterocycles. The summed E-state index contributed by atoms with van der Waals surface area (Å²) >= 11 is 0. The molecule has 2 aliphatic rings. The fourth-order valence-corrected chi connectivity index (χ4v) is 2.33. The highest BCUT2D eigenvalue weighted by Crippen LogP contribution is 2.27. The fourth-order valence-electron chi connectivity index (χ4n) is 2.33. The van der Waals surface area contributed by atoms with Crippen LogP contribution >= 0.6 is 0 Å². The smallest absolute Gasteiger partial charge is 0.189 e. The molecule has 130 valence electrons. The van der Waals surface area contributed by atoms with E-state index in [1.807, 2.05) is 0 Å². The van der Waals surface area contributed by atoms with Crippen LogP contribution < -0.4 is 0 Å². The Balaban J connectivity index is 2.10. The second-order valence-electron chi connectivity index (χ2n) is 5.20. The van der Waals surface area contributed by atoms with Crippen molar-refractivity contribution in [1.82, 2.24) is 0 Å². The predicted octanol–water partition coefficient (Wildman–Crippen LogP) is -5.44. The summed E-state index contributed by atoms with van der Waals surface area (Å²) in [6.07, 6.45) is -16.7. The molecule has 2 aliphatic heterocycles. The summed E-state index contributed by atoms with van der Waals surface area (Å²) in [5.41, 5.74) is 0. The van der Waals surface area contributed by atoms with Gasteiger partial charge in [-0.15, -0.1) is 0 Å². The van der Waals surface area contributed by atoms with Gasteiger partial charge < -0.3 is 55.1 Å². The van der Waals surface area contributed by atoms with E-state index in [4.69, 9.17) is 14.2 Å². The van der Waals surface area contributed by atoms with Crippen molar-refractivity contribution < 1.29 is 55.1 Å². The predicted molar refractivity (Wildman–Crippen MR) is 63.8 cm³/mol. The Hall–Kier alpha value is -0.440. The van der Waals surface area contributed by atoms with Crippen LogP contribution in [0.2, 0.25) is 0 Å². The van der Waals surface area contributed by atoms with Crippen molar-refractivity contribution in [3.63, 3.8) is 0 Å². The lowest BCUT2D eigenvalue weighted by atomic mass is 9.98. The Morgan fingerprint density at radius 3 is 1.82 bits per heavy atom. The summed E-state index contributed by atoms with van der Waals surface area (Å²) < 4.78 is 14.8. The monoisotopic (exact) mass is 328 g/mol. The first kappa shape index (κ1) is 17.9. The van der Waals surface area contributed by atoms with Crippen LogP contribution in [0.15, 0.2) is 0 Å². The molecule has 0 amide bonds. The minimum Gasteiger partial charge on any atom is -0.394 e. The molecule has 2 fully saturated rings. The van der Waals surface area contributed by atoms with E-state index in [1.54, 1.807) is 0 Å². The normalized spacial score (nSPS) is 53.5. The first-order valence-electron chi connectivity index (χ1n) is 6.61. The van der Waals surface area contributed by atoms with Gasteiger partial charge in [0, 0.05) is 0 Å². The molecule has 0 aromatic heterocycles. The van der Waals surface area contributed by atoms with E-state index < -0.39 is 68.2 Å². The molecule has 0 aromatic rings. The molecule has 22 heavy (non-hydrogen) atoms.